The number of rotatable bonds is 9. The Morgan fingerprint density at radius 1 is 1.10 bits per heavy atom. The minimum Gasteiger partial charge on any atom is -0.494 e. The summed E-state index contributed by atoms with van der Waals surface area (Å²) in [5.41, 5.74) is 1.10. The van der Waals surface area contributed by atoms with Gasteiger partial charge in [0.2, 0.25) is 0 Å². The zero-order valence-electron chi connectivity index (χ0n) is 11.8. The Morgan fingerprint density at radius 2 is 1.80 bits per heavy atom. The van der Waals surface area contributed by atoms with Crippen LogP contribution in [0.25, 0.3) is 0 Å². The lowest BCUT2D eigenvalue weighted by atomic mass is 10.2. The van der Waals surface area contributed by atoms with Gasteiger partial charge in [-0.1, -0.05) is 19.1 Å². The van der Waals surface area contributed by atoms with Crippen LogP contribution in [0.4, 0.5) is 13.2 Å². The molecule has 0 heterocycles. The lowest BCUT2D eigenvalue weighted by Gasteiger charge is -2.08. The first-order valence-electron chi connectivity index (χ1n) is 7.00. The molecule has 1 aromatic rings. The molecule has 0 aromatic heterocycles. The lowest BCUT2D eigenvalue weighted by molar-refractivity contribution is -0.135. The summed E-state index contributed by atoms with van der Waals surface area (Å²) in [5, 5.41) is 3.14. The van der Waals surface area contributed by atoms with Gasteiger partial charge in [-0.2, -0.15) is 13.2 Å². The third-order valence-corrected chi connectivity index (χ3v) is 2.79. The molecule has 0 radical (unpaired) electrons. The van der Waals surface area contributed by atoms with Crippen molar-refractivity contribution in [1.29, 1.82) is 0 Å². The van der Waals surface area contributed by atoms with Crippen molar-refractivity contribution in [2.45, 2.75) is 45.3 Å². The average molecular weight is 289 g/mol. The first-order chi connectivity index (χ1) is 9.51. The van der Waals surface area contributed by atoms with Crippen LogP contribution >= 0.6 is 0 Å². The Bertz CT molecular complexity index is 362. The van der Waals surface area contributed by atoms with Crippen LogP contribution in [0.5, 0.6) is 5.75 Å². The SMILES string of the molecule is CCCOc1ccc(CNCCCCC(F)(F)F)cc1. The molecule has 0 amide bonds. The summed E-state index contributed by atoms with van der Waals surface area (Å²) in [6.07, 6.45) is -3.04. The van der Waals surface area contributed by atoms with Crippen LogP contribution in [-0.2, 0) is 6.54 Å². The maximum absolute atomic E-state index is 11.9. The number of alkyl halides is 3. The first-order valence-corrected chi connectivity index (χ1v) is 7.00. The summed E-state index contributed by atoms with van der Waals surface area (Å²) < 4.78 is 41.2. The van der Waals surface area contributed by atoms with Crippen LogP contribution in [0, 0.1) is 0 Å². The van der Waals surface area contributed by atoms with Gasteiger partial charge in [0.15, 0.2) is 0 Å². The molecule has 5 heteroatoms. The lowest BCUT2D eigenvalue weighted by Crippen LogP contribution is -2.15. The maximum atomic E-state index is 11.9. The van der Waals surface area contributed by atoms with E-state index in [1.165, 1.54) is 0 Å². The summed E-state index contributed by atoms with van der Waals surface area (Å²) in [6.45, 7) is 4.03. The van der Waals surface area contributed by atoms with Gasteiger partial charge in [-0.25, -0.2) is 0 Å². The Balaban J connectivity index is 2.13. The van der Waals surface area contributed by atoms with Gasteiger partial charge in [0.1, 0.15) is 5.75 Å². The van der Waals surface area contributed by atoms with Crippen LogP contribution in [0.1, 0.15) is 38.2 Å². The molecule has 0 aliphatic rings. The van der Waals surface area contributed by atoms with E-state index in [2.05, 4.69) is 12.2 Å². The van der Waals surface area contributed by atoms with Gasteiger partial charge in [0.25, 0.3) is 0 Å². The van der Waals surface area contributed by atoms with Gasteiger partial charge in [-0.3, -0.25) is 0 Å². The van der Waals surface area contributed by atoms with Gasteiger partial charge in [-0.05, 0) is 43.5 Å². The van der Waals surface area contributed by atoms with Crippen molar-refractivity contribution in [3.05, 3.63) is 29.8 Å². The summed E-state index contributed by atoms with van der Waals surface area (Å²) in [6, 6.07) is 7.76. The van der Waals surface area contributed by atoms with Crippen molar-refractivity contribution in [2.24, 2.45) is 0 Å². The molecule has 0 bridgehead atoms. The number of unbranched alkanes of at least 4 members (excludes halogenated alkanes) is 1. The fourth-order valence-electron chi connectivity index (χ4n) is 1.73. The van der Waals surface area contributed by atoms with Crippen LogP contribution < -0.4 is 10.1 Å². The van der Waals surface area contributed by atoms with Crippen molar-refractivity contribution in [1.82, 2.24) is 5.32 Å². The quantitative estimate of drug-likeness (QED) is 0.684. The molecule has 0 aliphatic heterocycles. The first kappa shape index (κ1) is 16.8. The minimum absolute atomic E-state index is 0.181. The molecular weight excluding hydrogens is 267 g/mol. The number of halogens is 3. The molecule has 1 rings (SSSR count). The van der Waals surface area contributed by atoms with Gasteiger partial charge in [0.05, 0.1) is 6.61 Å². The van der Waals surface area contributed by atoms with Gasteiger partial charge >= 0.3 is 6.18 Å². The van der Waals surface area contributed by atoms with Gasteiger partial charge in [-0.15, -0.1) is 0 Å². The van der Waals surface area contributed by atoms with Crippen LogP contribution in [0.15, 0.2) is 24.3 Å². The monoisotopic (exact) mass is 289 g/mol. The second-order valence-corrected chi connectivity index (χ2v) is 4.74. The third kappa shape index (κ3) is 8.04. The Hall–Kier alpha value is -1.23. The second kappa shape index (κ2) is 8.84. The molecule has 0 spiro atoms. The number of benzene rings is 1. The molecule has 0 fully saturated rings. The Morgan fingerprint density at radius 3 is 2.40 bits per heavy atom. The number of ether oxygens (including phenoxy) is 1. The minimum atomic E-state index is -4.03. The second-order valence-electron chi connectivity index (χ2n) is 4.74. The molecule has 0 atom stereocenters. The summed E-state index contributed by atoms with van der Waals surface area (Å²) in [7, 11) is 0. The predicted molar refractivity (Wildman–Crippen MR) is 73.8 cm³/mol. The van der Waals surface area contributed by atoms with Gasteiger partial charge < -0.3 is 10.1 Å². The molecule has 1 aromatic carbocycles. The zero-order chi connectivity index (χ0) is 14.8. The van der Waals surface area contributed by atoms with E-state index in [1.807, 2.05) is 24.3 Å². The van der Waals surface area contributed by atoms with E-state index in [9.17, 15) is 13.2 Å². The fourth-order valence-corrected chi connectivity index (χ4v) is 1.73. The molecule has 0 unspecified atom stereocenters. The Labute approximate surface area is 118 Å². The Kier molecular flexibility index (Phi) is 7.44. The smallest absolute Gasteiger partial charge is 0.389 e. The van der Waals surface area contributed by atoms with Crippen LogP contribution in [0.3, 0.4) is 0 Å². The van der Waals surface area contributed by atoms with Crippen molar-refractivity contribution < 1.29 is 17.9 Å². The van der Waals surface area contributed by atoms with E-state index >= 15 is 0 Å². The standard InChI is InChI=1S/C15H22F3NO/c1-2-11-20-14-7-5-13(6-8-14)12-19-10-4-3-9-15(16,17)18/h5-8,19H,2-4,9-12H2,1H3. The summed E-state index contributed by atoms with van der Waals surface area (Å²) >= 11 is 0. The van der Waals surface area contributed by atoms with Crippen LogP contribution in [-0.4, -0.2) is 19.3 Å². The molecule has 114 valence electrons. The topological polar surface area (TPSA) is 21.3 Å². The fraction of sp³-hybridized carbons (Fsp3) is 0.600. The third-order valence-electron chi connectivity index (χ3n) is 2.79. The maximum Gasteiger partial charge on any atom is 0.389 e. The molecular formula is C15H22F3NO. The largest absolute Gasteiger partial charge is 0.494 e. The van der Waals surface area contributed by atoms with Crippen molar-refractivity contribution in [2.75, 3.05) is 13.2 Å². The van der Waals surface area contributed by atoms with Crippen LogP contribution in [0.2, 0.25) is 0 Å². The highest BCUT2D eigenvalue weighted by Gasteiger charge is 2.25. The van der Waals surface area contributed by atoms with E-state index in [0.29, 0.717) is 26.1 Å². The zero-order valence-corrected chi connectivity index (χ0v) is 11.8. The molecule has 0 saturated heterocycles. The molecule has 20 heavy (non-hydrogen) atoms. The number of nitrogens with one attached hydrogen (secondary N) is 1. The molecule has 1 N–H and O–H groups in total. The van der Waals surface area contributed by atoms with Crippen molar-refractivity contribution in [3.63, 3.8) is 0 Å². The van der Waals surface area contributed by atoms with E-state index in [0.717, 1.165) is 17.7 Å². The number of hydrogen-bond donors (Lipinski definition) is 1. The highest BCUT2D eigenvalue weighted by molar-refractivity contribution is 5.27. The molecule has 0 aliphatic carbocycles. The summed E-state index contributed by atoms with van der Waals surface area (Å²) in [5.74, 6) is 0.848. The van der Waals surface area contributed by atoms with Crippen molar-refractivity contribution in [3.8, 4) is 5.75 Å². The van der Waals surface area contributed by atoms with E-state index in [1.54, 1.807) is 0 Å². The average Bonchev–Trinajstić information content (AvgIpc) is 2.40. The highest BCUT2D eigenvalue weighted by atomic mass is 19.4. The summed E-state index contributed by atoms with van der Waals surface area (Å²) in [4.78, 5) is 0. The van der Waals surface area contributed by atoms with E-state index < -0.39 is 12.6 Å². The molecule has 0 saturated carbocycles. The highest BCUT2D eigenvalue weighted by Crippen LogP contribution is 2.21. The van der Waals surface area contributed by atoms with Gasteiger partial charge in [0, 0.05) is 13.0 Å². The van der Waals surface area contributed by atoms with E-state index in [-0.39, 0.29) is 6.42 Å². The van der Waals surface area contributed by atoms with Crippen molar-refractivity contribution >= 4 is 0 Å². The molecule has 2 nitrogen and oxygen atoms in total. The van der Waals surface area contributed by atoms with E-state index in [4.69, 9.17) is 4.74 Å². The predicted octanol–water partition coefficient (Wildman–Crippen LogP) is 4.30. The normalized spacial score (nSPS) is 11.6. The number of hydrogen-bond acceptors (Lipinski definition) is 2.